The molecule has 2 aromatic rings. The minimum absolute atomic E-state index is 0.632. The van der Waals surface area contributed by atoms with Crippen molar-refractivity contribution in [3.63, 3.8) is 0 Å². The molecule has 24 heavy (non-hydrogen) atoms. The SMILES string of the molecule is CC(C)=CCN1C[C@H]2CC[C@@H]1CN(c1cnc3ccccc3n1)C2. The summed E-state index contributed by atoms with van der Waals surface area (Å²) in [5.41, 5.74) is 3.38. The minimum Gasteiger partial charge on any atom is -0.353 e. The van der Waals surface area contributed by atoms with Gasteiger partial charge in [-0.1, -0.05) is 23.8 Å². The van der Waals surface area contributed by atoms with Crippen LogP contribution in [0.3, 0.4) is 0 Å². The maximum absolute atomic E-state index is 4.87. The molecule has 126 valence electrons. The van der Waals surface area contributed by atoms with Crippen LogP contribution in [0.1, 0.15) is 26.7 Å². The highest BCUT2D eigenvalue weighted by Gasteiger charge is 2.34. The van der Waals surface area contributed by atoms with Crippen LogP contribution in [0.15, 0.2) is 42.1 Å². The number of hydrogen-bond acceptors (Lipinski definition) is 4. The highest BCUT2D eigenvalue weighted by Crippen LogP contribution is 2.30. The standard InChI is InChI=1S/C20H26N4/c1-15(2)9-10-23-12-16-7-8-17(23)14-24(13-16)20-11-21-18-5-3-4-6-19(18)22-20/h3-6,9,11,16-17H,7-8,10,12-14H2,1-2H3/t16-,17-/m1/s1. The van der Waals surface area contributed by atoms with Gasteiger partial charge < -0.3 is 4.90 Å². The Morgan fingerprint density at radius 1 is 1.12 bits per heavy atom. The first-order valence-corrected chi connectivity index (χ1v) is 9.03. The molecule has 1 aromatic heterocycles. The van der Waals surface area contributed by atoms with Gasteiger partial charge in [-0.15, -0.1) is 0 Å². The van der Waals surface area contributed by atoms with Gasteiger partial charge in [-0.3, -0.25) is 9.88 Å². The maximum atomic E-state index is 4.87. The van der Waals surface area contributed by atoms with E-state index in [0.29, 0.717) is 6.04 Å². The highest BCUT2D eigenvalue weighted by atomic mass is 15.3. The lowest BCUT2D eigenvalue weighted by molar-refractivity contribution is 0.149. The molecule has 4 nitrogen and oxygen atoms in total. The maximum Gasteiger partial charge on any atom is 0.147 e. The zero-order valence-electron chi connectivity index (χ0n) is 14.7. The lowest BCUT2D eigenvalue weighted by Crippen LogP contribution is -2.44. The molecule has 2 bridgehead atoms. The van der Waals surface area contributed by atoms with Crippen LogP contribution >= 0.6 is 0 Å². The molecular formula is C20H26N4. The van der Waals surface area contributed by atoms with Crippen LogP contribution in [0.5, 0.6) is 0 Å². The van der Waals surface area contributed by atoms with Crippen molar-refractivity contribution in [2.75, 3.05) is 31.1 Å². The molecule has 0 N–H and O–H groups in total. The van der Waals surface area contributed by atoms with E-state index in [0.717, 1.165) is 42.4 Å². The summed E-state index contributed by atoms with van der Waals surface area (Å²) in [4.78, 5) is 14.6. The smallest absolute Gasteiger partial charge is 0.147 e. The van der Waals surface area contributed by atoms with Gasteiger partial charge in [0.15, 0.2) is 0 Å². The molecule has 2 atom stereocenters. The molecule has 5 rings (SSSR count). The van der Waals surface area contributed by atoms with E-state index in [4.69, 9.17) is 4.98 Å². The number of benzene rings is 1. The first-order valence-electron chi connectivity index (χ1n) is 9.03. The van der Waals surface area contributed by atoms with E-state index in [1.807, 2.05) is 24.4 Å². The zero-order chi connectivity index (χ0) is 16.5. The van der Waals surface area contributed by atoms with Crippen molar-refractivity contribution in [1.82, 2.24) is 14.9 Å². The van der Waals surface area contributed by atoms with Gasteiger partial charge in [0.2, 0.25) is 0 Å². The molecule has 3 saturated heterocycles. The Balaban J connectivity index is 1.57. The highest BCUT2D eigenvalue weighted by molar-refractivity contribution is 5.75. The number of hydrogen-bond donors (Lipinski definition) is 0. The number of nitrogens with zero attached hydrogens (tertiary/aromatic N) is 4. The molecule has 4 heterocycles. The molecule has 0 amide bonds. The molecule has 0 aliphatic carbocycles. The predicted molar refractivity (Wildman–Crippen MR) is 99.3 cm³/mol. The van der Waals surface area contributed by atoms with Crippen molar-refractivity contribution in [3.05, 3.63) is 42.1 Å². The molecular weight excluding hydrogens is 296 g/mol. The van der Waals surface area contributed by atoms with Crippen LogP contribution in [0.25, 0.3) is 11.0 Å². The average molecular weight is 322 g/mol. The Hall–Kier alpha value is -1.94. The Labute approximate surface area is 144 Å². The fourth-order valence-electron chi connectivity index (χ4n) is 3.99. The number of allylic oxidation sites excluding steroid dienone is 1. The summed E-state index contributed by atoms with van der Waals surface area (Å²) >= 11 is 0. The molecule has 3 aliphatic rings. The summed E-state index contributed by atoms with van der Waals surface area (Å²) in [6.07, 6.45) is 6.96. The molecule has 3 aliphatic heterocycles. The minimum atomic E-state index is 0.632. The molecule has 3 fully saturated rings. The van der Waals surface area contributed by atoms with E-state index >= 15 is 0 Å². The van der Waals surface area contributed by atoms with E-state index in [2.05, 4.69) is 40.8 Å². The number of fused-ring (bicyclic) bond motifs is 5. The fraction of sp³-hybridized carbons (Fsp3) is 0.500. The van der Waals surface area contributed by atoms with Crippen LogP contribution < -0.4 is 4.90 Å². The van der Waals surface area contributed by atoms with E-state index in [-0.39, 0.29) is 0 Å². The first-order chi connectivity index (χ1) is 11.7. The third kappa shape index (κ3) is 3.16. The van der Waals surface area contributed by atoms with Crippen LogP contribution in [0.4, 0.5) is 5.82 Å². The van der Waals surface area contributed by atoms with Gasteiger partial charge in [-0.25, -0.2) is 4.98 Å². The van der Waals surface area contributed by atoms with Gasteiger partial charge in [0.1, 0.15) is 5.82 Å². The van der Waals surface area contributed by atoms with Crippen LogP contribution in [0.2, 0.25) is 0 Å². The number of rotatable bonds is 3. The van der Waals surface area contributed by atoms with Gasteiger partial charge in [-0.2, -0.15) is 0 Å². The summed E-state index contributed by atoms with van der Waals surface area (Å²) in [5, 5.41) is 0. The van der Waals surface area contributed by atoms with Gasteiger partial charge in [0.25, 0.3) is 0 Å². The number of aromatic nitrogens is 2. The second kappa shape index (κ2) is 6.52. The summed E-state index contributed by atoms with van der Waals surface area (Å²) in [7, 11) is 0. The van der Waals surface area contributed by atoms with Crippen molar-refractivity contribution in [2.45, 2.75) is 32.7 Å². The molecule has 0 radical (unpaired) electrons. The van der Waals surface area contributed by atoms with Crippen LogP contribution in [-0.4, -0.2) is 47.1 Å². The molecule has 0 unspecified atom stereocenters. The second-order valence-electron chi connectivity index (χ2n) is 7.45. The summed E-state index contributed by atoms with van der Waals surface area (Å²) < 4.78 is 0. The third-order valence-corrected chi connectivity index (χ3v) is 5.32. The van der Waals surface area contributed by atoms with Crippen LogP contribution in [-0.2, 0) is 0 Å². The molecule has 4 heteroatoms. The Bertz CT molecular complexity index is 750. The second-order valence-corrected chi connectivity index (χ2v) is 7.45. The largest absolute Gasteiger partial charge is 0.353 e. The fourth-order valence-corrected chi connectivity index (χ4v) is 3.99. The lowest BCUT2D eigenvalue weighted by Gasteiger charge is -2.35. The predicted octanol–water partition coefficient (Wildman–Crippen LogP) is 3.50. The van der Waals surface area contributed by atoms with Crippen molar-refractivity contribution < 1.29 is 0 Å². The average Bonchev–Trinajstić information content (AvgIpc) is 2.91. The van der Waals surface area contributed by atoms with Gasteiger partial charge >= 0.3 is 0 Å². The zero-order valence-corrected chi connectivity index (χ0v) is 14.7. The van der Waals surface area contributed by atoms with E-state index in [1.54, 1.807) is 0 Å². The number of anilines is 1. The topological polar surface area (TPSA) is 32.3 Å². The molecule has 1 aromatic carbocycles. The van der Waals surface area contributed by atoms with E-state index < -0.39 is 0 Å². The molecule has 0 saturated carbocycles. The van der Waals surface area contributed by atoms with Gasteiger partial charge in [0, 0.05) is 32.2 Å². The summed E-state index contributed by atoms with van der Waals surface area (Å²) in [6, 6.07) is 8.77. The monoisotopic (exact) mass is 322 g/mol. The Morgan fingerprint density at radius 2 is 1.96 bits per heavy atom. The van der Waals surface area contributed by atoms with Gasteiger partial charge in [0.05, 0.1) is 17.2 Å². The van der Waals surface area contributed by atoms with Crippen molar-refractivity contribution >= 4 is 16.9 Å². The first kappa shape index (κ1) is 15.6. The lowest BCUT2D eigenvalue weighted by atomic mass is 9.95. The molecule has 0 spiro atoms. The third-order valence-electron chi connectivity index (χ3n) is 5.32. The Morgan fingerprint density at radius 3 is 2.79 bits per heavy atom. The van der Waals surface area contributed by atoms with Crippen LogP contribution in [0, 0.1) is 5.92 Å². The van der Waals surface area contributed by atoms with Gasteiger partial charge in [-0.05, 0) is 44.7 Å². The number of para-hydroxylation sites is 2. The van der Waals surface area contributed by atoms with Crippen molar-refractivity contribution in [1.29, 1.82) is 0 Å². The van der Waals surface area contributed by atoms with E-state index in [9.17, 15) is 0 Å². The van der Waals surface area contributed by atoms with Crippen molar-refractivity contribution in [2.24, 2.45) is 5.92 Å². The van der Waals surface area contributed by atoms with Crippen molar-refractivity contribution in [3.8, 4) is 0 Å². The quantitative estimate of drug-likeness (QED) is 0.810. The summed E-state index contributed by atoms with van der Waals surface area (Å²) in [6.45, 7) is 8.85. The Kier molecular flexibility index (Phi) is 4.23. The summed E-state index contributed by atoms with van der Waals surface area (Å²) in [5.74, 6) is 1.78. The number of piperidine rings is 1. The van der Waals surface area contributed by atoms with E-state index in [1.165, 1.54) is 25.0 Å². The normalized spacial score (nSPS) is 24.2.